The molecule has 1 atom stereocenters. The summed E-state index contributed by atoms with van der Waals surface area (Å²) < 4.78 is 5.51. The minimum absolute atomic E-state index is 0.155. The van der Waals surface area contributed by atoms with E-state index in [1.807, 2.05) is 13.8 Å². The molecule has 0 radical (unpaired) electrons. The third kappa shape index (κ3) is 2.70. The van der Waals surface area contributed by atoms with E-state index in [1.54, 1.807) is 18.5 Å². The second kappa shape index (κ2) is 5.48. The van der Waals surface area contributed by atoms with Crippen LogP contribution in [0.4, 0.5) is 0 Å². The van der Waals surface area contributed by atoms with Crippen LogP contribution in [-0.2, 0) is 0 Å². The third-order valence-corrected chi connectivity index (χ3v) is 3.37. The second-order valence-corrected chi connectivity index (χ2v) is 5.07. The predicted molar refractivity (Wildman–Crippen MR) is 69.9 cm³/mol. The van der Waals surface area contributed by atoms with Gasteiger partial charge in [0.15, 0.2) is 5.78 Å². The largest absolute Gasteiger partial charge is 0.492 e. The molecule has 1 aromatic heterocycles. The first-order chi connectivity index (χ1) is 8.65. The molecule has 1 unspecified atom stereocenters. The molecule has 0 aliphatic carbocycles. The highest BCUT2D eigenvalue weighted by atomic mass is 16.5. The first-order valence-electron chi connectivity index (χ1n) is 6.49. The number of nitrogens with one attached hydrogen (secondary N) is 1. The highest BCUT2D eigenvalue weighted by Crippen LogP contribution is 2.29. The monoisotopic (exact) mass is 248 g/mol. The molecular formula is C14H20N2O2. The van der Waals surface area contributed by atoms with Crippen LogP contribution in [0.25, 0.3) is 0 Å². The van der Waals surface area contributed by atoms with Crippen molar-refractivity contribution in [2.75, 3.05) is 19.7 Å². The molecule has 1 fully saturated rings. The van der Waals surface area contributed by atoms with Crippen LogP contribution < -0.4 is 10.1 Å². The number of carbonyl (C=O) groups is 1. The van der Waals surface area contributed by atoms with E-state index in [0.717, 1.165) is 25.9 Å². The van der Waals surface area contributed by atoms with Gasteiger partial charge in [0.2, 0.25) is 0 Å². The molecule has 1 aromatic rings. The molecule has 2 rings (SSSR count). The smallest absolute Gasteiger partial charge is 0.171 e. The van der Waals surface area contributed by atoms with Gasteiger partial charge in [-0.2, -0.15) is 0 Å². The van der Waals surface area contributed by atoms with Crippen LogP contribution in [0, 0.1) is 5.41 Å². The normalized spacial score (nSPS) is 23.0. The van der Waals surface area contributed by atoms with Gasteiger partial charge >= 0.3 is 0 Å². The molecule has 0 amide bonds. The summed E-state index contributed by atoms with van der Waals surface area (Å²) in [5, 5.41) is 3.24. The van der Waals surface area contributed by atoms with Crippen molar-refractivity contribution in [1.82, 2.24) is 10.3 Å². The van der Waals surface area contributed by atoms with Gasteiger partial charge in [-0.15, -0.1) is 0 Å². The molecule has 0 aromatic carbocycles. The maximum absolute atomic E-state index is 12.5. The average Bonchev–Trinajstić information content (AvgIpc) is 2.84. The lowest BCUT2D eigenvalue weighted by molar-refractivity contribution is 0.0838. The zero-order chi connectivity index (χ0) is 13.0. The average molecular weight is 248 g/mol. The number of hydrogen-bond acceptors (Lipinski definition) is 4. The number of nitrogens with zero attached hydrogens (tertiary/aromatic N) is 1. The van der Waals surface area contributed by atoms with E-state index in [0.29, 0.717) is 17.9 Å². The first kappa shape index (κ1) is 13.0. The molecule has 0 spiro atoms. The Morgan fingerprint density at radius 1 is 1.56 bits per heavy atom. The topological polar surface area (TPSA) is 51.2 Å². The number of pyridine rings is 1. The number of aromatic nitrogens is 1. The molecule has 0 saturated carbocycles. The van der Waals surface area contributed by atoms with Gasteiger partial charge in [-0.25, -0.2) is 0 Å². The van der Waals surface area contributed by atoms with E-state index in [-0.39, 0.29) is 11.2 Å². The highest BCUT2D eigenvalue weighted by Gasteiger charge is 2.36. The summed E-state index contributed by atoms with van der Waals surface area (Å²) in [5.41, 5.74) is 0.347. The zero-order valence-corrected chi connectivity index (χ0v) is 11.0. The van der Waals surface area contributed by atoms with E-state index in [1.165, 1.54) is 0 Å². The van der Waals surface area contributed by atoms with Crippen molar-refractivity contribution in [3.63, 3.8) is 0 Å². The van der Waals surface area contributed by atoms with Crippen LogP contribution in [0.1, 0.15) is 37.0 Å². The lowest BCUT2D eigenvalue weighted by atomic mass is 9.82. The summed E-state index contributed by atoms with van der Waals surface area (Å²) >= 11 is 0. The van der Waals surface area contributed by atoms with E-state index < -0.39 is 0 Å². The lowest BCUT2D eigenvalue weighted by Crippen LogP contribution is -2.30. The van der Waals surface area contributed by atoms with Gasteiger partial charge < -0.3 is 10.1 Å². The van der Waals surface area contributed by atoms with Crippen molar-refractivity contribution in [2.24, 2.45) is 5.41 Å². The number of rotatable bonds is 5. The number of ether oxygens (including phenoxy) is 1. The zero-order valence-electron chi connectivity index (χ0n) is 11.0. The maximum atomic E-state index is 12.5. The van der Waals surface area contributed by atoms with Crippen LogP contribution in [0.3, 0.4) is 0 Å². The quantitative estimate of drug-likeness (QED) is 0.810. The van der Waals surface area contributed by atoms with Crippen molar-refractivity contribution in [1.29, 1.82) is 0 Å². The molecule has 1 saturated heterocycles. The van der Waals surface area contributed by atoms with Gasteiger partial charge in [0.1, 0.15) is 5.75 Å². The van der Waals surface area contributed by atoms with Crippen LogP contribution in [0.15, 0.2) is 18.5 Å². The Morgan fingerprint density at radius 2 is 2.39 bits per heavy atom. The summed E-state index contributed by atoms with van der Waals surface area (Å²) in [6.45, 7) is 6.36. The fourth-order valence-corrected chi connectivity index (χ4v) is 2.20. The van der Waals surface area contributed by atoms with Crippen molar-refractivity contribution in [3.05, 3.63) is 24.0 Å². The minimum Gasteiger partial charge on any atom is -0.492 e. The molecule has 1 N–H and O–H groups in total. The van der Waals surface area contributed by atoms with Crippen molar-refractivity contribution in [3.8, 4) is 5.75 Å². The third-order valence-electron chi connectivity index (χ3n) is 3.37. The lowest BCUT2D eigenvalue weighted by Gasteiger charge is -2.20. The minimum atomic E-state index is -0.301. The fraction of sp³-hybridized carbons (Fsp3) is 0.571. The number of hydrogen-bond donors (Lipinski definition) is 1. The summed E-state index contributed by atoms with van der Waals surface area (Å²) in [4.78, 5) is 16.6. The van der Waals surface area contributed by atoms with Gasteiger partial charge in [0.25, 0.3) is 0 Å². The Morgan fingerprint density at radius 3 is 3.06 bits per heavy atom. The van der Waals surface area contributed by atoms with Gasteiger partial charge in [-0.3, -0.25) is 9.78 Å². The molecule has 1 aliphatic heterocycles. The summed E-state index contributed by atoms with van der Waals surface area (Å²) in [6, 6.07) is 1.80. The van der Waals surface area contributed by atoms with E-state index in [4.69, 9.17) is 4.74 Å². The molecular weight excluding hydrogens is 228 g/mol. The van der Waals surface area contributed by atoms with Crippen LogP contribution >= 0.6 is 0 Å². The Hall–Kier alpha value is -1.42. The SMILES string of the molecule is CCCOc1cncc(C(=O)C2(C)CCNC2)c1. The molecule has 4 nitrogen and oxygen atoms in total. The van der Waals surface area contributed by atoms with Crippen LogP contribution in [0.2, 0.25) is 0 Å². The molecule has 98 valence electrons. The molecule has 1 aliphatic rings. The van der Waals surface area contributed by atoms with Crippen LogP contribution in [0.5, 0.6) is 5.75 Å². The standard InChI is InChI=1S/C14H20N2O2/c1-3-6-18-12-7-11(8-16-9-12)13(17)14(2)4-5-15-10-14/h7-9,15H,3-6,10H2,1-2H3. The van der Waals surface area contributed by atoms with Gasteiger partial charge in [-0.05, 0) is 25.5 Å². The molecule has 2 heterocycles. The van der Waals surface area contributed by atoms with E-state index >= 15 is 0 Å². The fourth-order valence-electron chi connectivity index (χ4n) is 2.20. The Kier molecular flexibility index (Phi) is 3.97. The van der Waals surface area contributed by atoms with E-state index in [9.17, 15) is 4.79 Å². The number of Topliss-reactive ketones (excluding diaryl/α,β-unsaturated/α-hetero) is 1. The van der Waals surface area contributed by atoms with Gasteiger partial charge in [-0.1, -0.05) is 13.8 Å². The Bertz CT molecular complexity index is 426. The highest BCUT2D eigenvalue weighted by molar-refractivity contribution is 6.00. The van der Waals surface area contributed by atoms with Crippen molar-refractivity contribution >= 4 is 5.78 Å². The Labute approximate surface area is 108 Å². The van der Waals surface area contributed by atoms with Gasteiger partial charge in [0.05, 0.1) is 12.8 Å². The molecule has 0 bridgehead atoms. The summed E-state index contributed by atoms with van der Waals surface area (Å²) in [6.07, 6.45) is 5.11. The van der Waals surface area contributed by atoms with Gasteiger partial charge in [0, 0.05) is 23.7 Å². The molecule has 4 heteroatoms. The van der Waals surface area contributed by atoms with E-state index in [2.05, 4.69) is 10.3 Å². The number of ketones is 1. The van der Waals surface area contributed by atoms with Crippen molar-refractivity contribution in [2.45, 2.75) is 26.7 Å². The maximum Gasteiger partial charge on any atom is 0.171 e. The first-order valence-corrected chi connectivity index (χ1v) is 6.49. The molecule has 18 heavy (non-hydrogen) atoms. The second-order valence-electron chi connectivity index (χ2n) is 5.07. The van der Waals surface area contributed by atoms with Crippen molar-refractivity contribution < 1.29 is 9.53 Å². The predicted octanol–water partition coefficient (Wildman–Crippen LogP) is 2.05. The summed E-state index contributed by atoms with van der Waals surface area (Å²) in [5.74, 6) is 0.833. The Balaban J connectivity index is 2.15. The summed E-state index contributed by atoms with van der Waals surface area (Å²) in [7, 11) is 0. The number of carbonyl (C=O) groups excluding carboxylic acids is 1. The van der Waals surface area contributed by atoms with Crippen LogP contribution in [-0.4, -0.2) is 30.5 Å².